The standard InChI is InChI=1S/C32H39NO3/c1-3-31(36)16-17-32(19-24-9-5-4-6-10-24)27(22-31)13-7-11-26-21-30(29(34)35,15-14-28(26)32)20-25-12-8-18-33-23(25)2/h4-6,8-10,12,14,18,21,27,36H,3,7,11,13,15-17,19-20,22H2,1-2H3,(H,34,35)/t27-,30?,31+,32-/m0/s1. The molecule has 4 atom stereocenters. The van der Waals surface area contributed by atoms with E-state index in [2.05, 4.69) is 54.4 Å². The van der Waals surface area contributed by atoms with E-state index in [1.807, 2.05) is 19.1 Å². The zero-order valence-electron chi connectivity index (χ0n) is 21.7. The van der Waals surface area contributed by atoms with Gasteiger partial charge >= 0.3 is 5.97 Å². The summed E-state index contributed by atoms with van der Waals surface area (Å²) in [5.74, 6) is -0.359. The smallest absolute Gasteiger partial charge is 0.314 e. The fraction of sp³-hybridized carbons (Fsp3) is 0.500. The number of aliphatic hydroxyl groups is 1. The van der Waals surface area contributed by atoms with Crippen LogP contribution < -0.4 is 0 Å². The van der Waals surface area contributed by atoms with Gasteiger partial charge in [-0.05, 0) is 105 Å². The summed E-state index contributed by atoms with van der Waals surface area (Å²) in [4.78, 5) is 17.2. The number of fused-ring (bicyclic) bond motifs is 3. The molecule has 190 valence electrons. The van der Waals surface area contributed by atoms with Gasteiger partial charge in [0.15, 0.2) is 0 Å². The second-order valence-electron chi connectivity index (χ2n) is 11.6. The van der Waals surface area contributed by atoms with E-state index in [-0.39, 0.29) is 5.41 Å². The largest absolute Gasteiger partial charge is 0.481 e. The Morgan fingerprint density at radius 1 is 1.11 bits per heavy atom. The molecule has 3 aliphatic rings. The van der Waals surface area contributed by atoms with Crippen molar-refractivity contribution in [2.24, 2.45) is 16.7 Å². The first kappa shape index (κ1) is 25.0. The molecule has 4 nitrogen and oxygen atoms in total. The number of carbonyl (C=O) groups is 1. The molecule has 1 heterocycles. The van der Waals surface area contributed by atoms with Gasteiger partial charge in [-0.3, -0.25) is 9.78 Å². The van der Waals surface area contributed by atoms with Gasteiger partial charge in [0.05, 0.1) is 11.0 Å². The van der Waals surface area contributed by atoms with Crippen LogP contribution in [-0.4, -0.2) is 26.8 Å². The number of nitrogens with zero attached hydrogens (tertiary/aromatic N) is 1. The van der Waals surface area contributed by atoms with Crippen LogP contribution in [-0.2, 0) is 17.6 Å². The van der Waals surface area contributed by atoms with Crippen molar-refractivity contribution in [2.75, 3.05) is 0 Å². The molecular weight excluding hydrogens is 446 g/mol. The highest BCUT2D eigenvalue weighted by atomic mass is 16.4. The number of carboxylic acid groups (broad SMARTS) is 1. The van der Waals surface area contributed by atoms with E-state index in [0.717, 1.165) is 62.6 Å². The van der Waals surface area contributed by atoms with E-state index in [1.165, 1.54) is 16.7 Å². The molecule has 3 aliphatic carbocycles. The minimum absolute atomic E-state index is 0.0556. The first-order valence-electron chi connectivity index (χ1n) is 13.6. The third kappa shape index (κ3) is 4.45. The number of benzene rings is 1. The van der Waals surface area contributed by atoms with E-state index in [9.17, 15) is 15.0 Å². The Bertz CT molecular complexity index is 1180. The summed E-state index contributed by atoms with van der Waals surface area (Å²) in [6.07, 6.45) is 14.5. The first-order chi connectivity index (χ1) is 17.3. The number of pyridine rings is 1. The van der Waals surface area contributed by atoms with Crippen molar-refractivity contribution in [3.05, 3.63) is 88.8 Å². The zero-order valence-corrected chi connectivity index (χ0v) is 21.7. The maximum absolute atomic E-state index is 12.8. The number of hydrogen-bond acceptors (Lipinski definition) is 3. The molecule has 0 bridgehead atoms. The lowest BCUT2D eigenvalue weighted by Gasteiger charge is -2.52. The quantitative estimate of drug-likeness (QED) is 0.483. The minimum atomic E-state index is -0.945. The van der Waals surface area contributed by atoms with Crippen LogP contribution in [0.25, 0.3) is 0 Å². The lowest BCUT2D eigenvalue weighted by atomic mass is 9.54. The van der Waals surface area contributed by atoms with Crippen molar-refractivity contribution >= 4 is 5.97 Å². The Balaban J connectivity index is 1.57. The number of rotatable bonds is 6. The van der Waals surface area contributed by atoms with Crippen molar-refractivity contribution in [2.45, 2.75) is 83.7 Å². The predicted molar refractivity (Wildman–Crippen MR) is 143 cm³/mol. The number of allylic oxidation sites excluding steroid dienone is 3. The van der Waals surface area contributed by atoms with Crippen molar-refractivity contribution in [1.29, 1.82) is 0 Å². The van der Waals surface area contributed by atoms with Crippen molar-refractivity contribution in [1.82, 2.24) is 4.98 Å². The summed E-state index contributed by atoms with van der Waals surface area (Å²) in [6, 6.07) is 14.6. The summed E-state index contributed by atoms with van der Waals surface area (Å²) < 4.78 is 0. The Kier molecular flexibility index (Phi) is 6.67. The normalized spacial score (nSPS) is 31.9. The van der Waals surface area contributed by atoms with Crippen LogP contribution in [0, 0.1) is 23.7 Å². The van der Waals surface area contributed by atoms with Crippen LogP contribution in [0.3, 0.4) is 0 Å². The lowest BCUT2D eigenvalue weighted by Crippen LogP contribution is -2.47. The molecule has 0 aliphatic heterocycles. The molecule has 4 heteroatoms. The van der Waals surface area contributed by atoms with E-state index in [0.29, 0.717) is 18.8 Å². The second kappa shape index (κ2) is 9.63. The number of aromatic nitrogens is 1. The fourth-order valence-corrected chi connectivity index (χ4v) is 7.30. The van der Waals surface area contributed by atoms with Gasteiger partial charge in [-0.1, -0.05) is 55.5 Å². The number of aliphatic carboxylic acids is 1. The average molecular weight is 486 g/mol. The maximum atomic E-state index is 12.8. The summed E-state index contributed by atoms with van der Waals surface area (Å²) >= 11 is 0. The van der Waals surface area contributed by atoms with Gasteiger partial charge in [0.25, 0.3) is 0 Å². The van der Waals surface area contributed by atoms with Crippen molar-refractivity contribution in [3.63, 3.8) is 0 Å². The Hall–Kier alpha value is -2.72. The Morgan fingerprint density at radius 3 is 2.64 bits per heavy atom. The second-order valence-corrected chi connectivity index (χ2v) is 11.6. The Morgan fingerprint density at radius 2 is 1.92 bits per heavy atom. The maximum Gasteiger partial charge on any atom is 0.314 e. The molecule has 0 amide bonds. The Labute approximate surface area is 215 Å². The molecule has 2 aromatic rings. The lowest BCUT2D eigenvalue weighted by molar-refractivity contribution is -0.146. The van der Waals surface area contributed by atoms with Crippen LogP contribution in [0.1, 0.15) is 75.1 Å². The number of carboxylic acids is 1. The summed E-state index contributed by atoms with van der Waals surface area (Å²) in [6.45, 7) is 4.07. The van der Waals surface area contributed by atoms with Gasteiger partial charge in [-0.15, -0.1) is 0 Å². The van der Waals surface area contributed by atoms with Crippen molar-refractivity contribution in [3.8, 4) is 0 Å². The third-order valence-corrected chi connectivity index (χ3v) is 9.52. The van der Waals surface area contributed by atoms with Gasteiger partial charge < -0.3 is 10.2 Å². The number of hydrogen-bond donors (Lipinski definition) is 2. The topological polar surface area (TPSA) is 70.4 Å². The van der Waals surface area contributed by atoms with E-state index in [4.69, 9.17) is 0 Å². The van der Waals surface area contributed by atoms with E-state index >= 15 is 0 Å². The van der Waals surface area contributed by atoms with Crippen molar-refractivity contribution < 1.29 is 15.0 Å². The molecule has 2 fully saturated rings. The molecule has 2 saturated carbocycles. The highest BCUT2D eigenvalue weighted by Gasteiger charge is 2.52. The van der Waals surface area contributed by atoms with Crippen LogP contribution in [0.15, 0.2) is 72.0 Å². The molecule has 1 unspecified atom stereocenters. The van der Waals surface area contributed by atoms with Gasteiger partial charge in [-0.2, -0.15) is 0 Å². The molecule has 2 N–H and O–H groups in total. The first-order valence-corrected chi connectivity index (χ1v) is 13.6. The monoisotopic (exact) mass is 485 g/mol. The summed E-state index contributed by atoms with van der Waals surface area (Å²) in [5, 5.41) is 21.8. The van der Waals surface area contributed by atoms with Gasteiger partial charge in [0, 0.05) is 17.3 Å². The van der Waals surface area contributed by atoms with Crippen LogP contribution in [0.2, 0.25) is 0 Å². The fourth-order valence-electron chi connectivity index (χ4n) is 7.30. The summed E-state index contributed by atoms with van der Waals surface area (Å²) in [5.41, 5.74) is 4.24. The molecule has 0 radical (unpaired) electrons. The molecule has 1 aromatic heterocycles. The van der Waals surface area contributed by atoms with Crippen LogP contribution in [0.4, 0.5) is 0 Å². The van der Waals surface area contributed by atoms with Gasteiger partial charge in [0.2, 0.25) is 0 Å². The van der Waals surface area contributed by atoms with Gasteiger partial charge in [-0.25, -0.2) is 0 Å². The zero-order chi connectivity index (χ0) is 25.4. The van der Waals surface area contributed by atoms with Crippen LogP contribution >= 0.6 is 0 Å². The number of aryl methyl sites for hydroxylation is 1. The van der Waals surface area contributed by atoms with Crippen LogP contribution in [0.5, 0.6) is 0 Å². The molecular formula is C32H39NO3. The van der Waals surface area contributed by atoms with E-state index < -0.39 is 17.0 Å². The molecule has 36 heavy (non-hydrogen) atoms. The molecule has 1 aromatic carbocycles. The molecule has 0 spiro atoms. The molecule has 5 rings (SSSR count). The highest BCUT2D eigenvalue weighted by molar-refractivity contribution is 5.79. The van der Waals surface area contributed by atoms with Gasteiger partial charge in [0.1, 0.15) is 0 Å². The SMILES string of the molecule is CC[C@@]1(O)CC[C@@]2(Cc3ccccc3)C3=CCC(Cc4cccnc4C)(C(=O)O)C=C3CCC[C@H]2C1. The average Bonchev–Trinajstić information content (AvgIpc) is 3.02. The highest BCUT2D eigenvalue weighted by Crippen LogP contribution is 2.59. The minimum Gasteiger partial charge on any atom is -0.481 e. The van der Waals surface area contributed by atoms with E-state index in [1.54, 1.807) is 6.20 Å². The molecule has 0 saturated heterocycles. The third-order valence-electron chi connectivity index (χ3n) is 9.52. The predicted octanol–water partition coefficient (Wildman–Crippen LogP) is 6.61. The summed E-state index contributed by atoms with van der Waals surface area (Å²) in [7, 11) is 0.